The normalized spacial score (nSPS) is 11.6. The van der Waals surface area contributed by atoms with Crippen molar-refractivity contribution in [1.82, 2.24) is 4.90 Å². The maximum absolute atomic E-state index is 13.3. The summed E-state index contributed by atoms with van der Waals surface area (Å²) in [6, 6.07) is 9.85. The van der Waals surface area contributed by atoms with Crippen LogP contribution in [0.15, 0.2) is 35.1 Å². The molecule has 3 aromatic rings. The van der Waals surface area contributed by atoms with E-state index >= 15 is 0 Å². The zero-order valence-corrected chi connectivity index (χ0v) is 17.4. The van der Waals surface area contributed by atoms with E-state index in [1.807, 2.05) is 12.1 Å². The Hall–Kier alpha value is -1.62. The van der Waals surface area contributed by atoms with Crippen LogP contribution in [0.4, 0.5) is 5.69 Å². The number of rotatable bonds is 6. The Morgan fingerprint density at radius 1 is 1.04 bits per heavy atom. The molecule has 0 unspecified atom stereocenters. The summed E-state index contributed by atoms with van der Waals surface area (Å²) >= 11 is 8.01. The number of halogens is 1. The highest BCUT2D eigenvalue weighted by atomic mass is 35.5. The molecule has 0 aliphatic heterocycles. The second-order valence-electron chi connectivity index (χ2n) is 6.60. The van der Waals surface area contributed by atoms with Crippen LogP contribution in [0.2, 0.25) is 5.02 Å². The average molecular weight is 389 g/mol. The molecule has 0 saturated heterocycles. The maximum atomic E-state index is 13.3. The van der Waals surface area contributed by atoms with Gasteiger partial charge < -0.3 is 9.80 Å². The molecule has 0 radical (unpaired) electrons. The van der Waals surface area contributed by atoms with Crippen LogP contribution in [-0.2, 0) is 0 Å². The molecule has 0 aliphatic rings. The van der Waals surface area contributed by atoms with E-state index in [-0.39, 0.29) is 5.43 Å². The van der Waals surface area contributed by atoms with Gasteiger partial charge in [-0.05, 0) is 43.8 Å². The molecule has 0 saturated carbocycles. The number of aryl methyl sites for hydroxylation is 1. The summed E-state index contributed by atoms with van der Waals surface area (Å²) < 4.78 is 2.00. The van der Waals surface area contributed by atoms with Gasteiger partial charge in [-0.15, -0.1) is 11.3 Å². The molecule has 5 heteroatoms. The molecule has 0 spiro atoms. The third kappa shape index (κ3) is 3.46. The Bertz CT molecular complexity index is 995. The van der Waals surface area contributed by atoms with E-state index in [1.165, 1.54) is 0 Å². The van der Waals surface area contributed by atoms with Crippen LogP contribution in [0.1, 0.15) is 19.4 Å². The Morgan fingerprint density at radius 2 is 1.77 bits per heavy atom. The van der Waals surface area contributed by atoms with Crippen LogP contribution in [0.5, 0.6) is 0 Å². The Labute approximate surface area is 163 Å². The molecule has 1 heterocycles. The molecule has 138 valence electrons. The molecule has 0 bridgehead atoms. The summed E-state index contributed by atoms with van der Waals surface area (Å²) in [7, 11) is 2.06. The lowest BCUT2D eigenvalue weighted by Gasteiger charge is -2.25. The highest BCUT2D eigenvalue weighted by molar-refractivity contribution is 7.24. The number of likely N-dealkylation sites (N-methyl/N-ethyl adjacent to an activating group) is 2. The molecular formula is C21H25ClN2OS. The van der Waals surface area contributed by atoms with Gasteiger partial charge in [0.05, 0.1) is 15.8 Å². The summed E-state index contributed by atoms with van der Waals surface area (Å²) in [5.74, 6) is 0. The summed E-state index contributed by atoms with van der Waals surface area (Å²) in [5, 5.41) is 1.96. The molecule has 26 heavy (non-hydrogen) atoms. The third-order valence-electron chi connectivity index (χ3n) is 5.03. The number of hydrogen-bond acceptors (Lipinski definition) is 4. The van der Waals surface area contributed by atoms with Crippen molar-refractivity contribution in [3.05, 3.63) is 51.1 Å². The fraction of sp³-hybridized carbons (Fsp3) is 0.381. The maximum Gasteiger partial charge on any atom is 0.199 e. The van der Waals surface area contributed by atoms with Gasteiger partial charge in [-0.1, -0.05) is 37.6 Å². The molecule has 3 rings (SSSR count). The quantitative estimate of drug-likeness (QED) is 0.545. The van der Waals surface area contributed by atoms with Gasteiger partial charge in [0.15, 0.2) is 5.43 Å². The first kappa shape index (κ1) is 19.2. The number of nitrogens with zero attached hydrogens (tertiary/aromatic N) is 2. The van der Waals surface area contributed by atoms with Crippen LogP contribution >= 0.6 is 22.9 Å². The van der Waals surface area contributed by atoms with Crippen LogP contribution < -0.4 is 10.3 Å². The summed E-state index contributed by atoms with van der Waals surface area (Å²) in [6.07, 6.45) is 0. The van der Waals surface area contributed by atoms with Gasteiger partial charge in [0, 0.05) is 35.2 Å². The first-order valence-electron chi connectivity index (χ1n) is 9.06. The van der Waals surface area contributed by atoms with Gasteiger partial charge >= 0.3 is 0 Å². The number of hydrogen-bond donors (Lipinski definition) is 0. The van der Waals surface area contributed by atoms with E-state index in [2.05, 4.69) is 49.8 Å². The number of benzene rings is 2. The monoisotopic (exact) mass is 388 g/mol. The Morgan fingerprint density at radius 3 is 2.46 bits per heavy atom. The van der Waals surface area contributed by atoms with Gasteiger partial charge in [-0.2, -0.15) is 0 Å². The Kier molecular flexibility index (Phi) is 5.86. The topological polar surface area (TPSA) is 23.6 Å². The van der Waals surface area contributed by atoms with Gasteiger partial charge in [0.25, 0.3) is 0 Å². The van der Waals surface area contributed by atoms with Crippen LogP contribution in [0.25, 0.3) is 20.2 Å². The molecular weight excluding hydrogens is 364 g/mol. The van der Waals surface area contributed by atoms with Crippen LogP contribution in [-0.4, -0.2) is 38.1 Å². The van der Waals surface area contributed by atoms with Gasteiger partial charge in [-0.25, -0.2) is 0 Å². The van der Waals surface area contributed by atoms with Crippen molar-refractivity contribution >= 4 is 48.8 Å². The van der Waals surface area contributed by atoms with E-state index in [1.54, 1.807) is 17.4 Å². The number of anilines is 1. The lowest BCUT2D eigenvalue weighted by atomic mass is 10.1. The van der Waals surface area contributed by atoms with Gasteiger partial charge in [0.2, 0.25) is 0 Å². The van der Waals surface area contributed by atoms with Crippen molar-refractivity contribution in [2.24, 2.45) is 0 Å². The minimum atomic E-state index is 0.0349. The molecule has 0 fully saturated rings. The van der Waals surface area contributed by atoms with E-state index < -0.39 is 0 Å². The molecule has 2 aromatic carbocycles. The minimum absolute atomic E-state index is 0.0349. The summed E-state index contributed by atoms with van der Waals surface area (Å²) in [5.41, 5.74) is 2.15. The SMILES string of the molecule is CCN(CC)CCN(C)c1ccc(C)c2sc3cccc(Cl)c3c(=O)c12. The minimum Gasteiger partial charge on any atom is -0.373 e. The lowest BCUT2D eigenvalue weighted by molar-refractivity contribution is 0.311. The first-order chi connectivity index (χ1) is 12.5. The van der Waals surface area contributed by atoms with Crippen molar-refractivity contribution in [2.45, 2.75) is 20.8 Å². The fourth-order valence-electron chi connectivity index (χ4n) is 3.34. The van der Waals surface area contributed by atoms with Crippen LogP contribution in [0.3, 0.4) is 0 Å². The molecule has 0 aliphatic carbocycles. The highest BCUT2D eigenvalue weighted by Gasteiger charge is 2.16. The standard InChI is InChI=1S/C21H25ClN2OS/c1-5-24(6-2)13-12-23(4)16-11-10-14(3)21-19(16)20(25)18-15(22)8-7-9-17(18)26-21/h7-11H,5-6,12-13H2,1-4H3. The van der Waals surface area contributed by atoms with E-state index in [0.717, 1.165) is 52.2 Å². The first-order valence-corrected chi connectivity index (χ1v) is 10.3. The van der Waals surface area contributed by atoms with Crippen molar-refractivity contribution in [2.75, 3.05) is 38.1 Å². The van der Waals surface area contributed by atoms with Crippen molar-refractivity contribution in [3.8, 4) is 0 Å². The van der Waals surface area contributed by atoms with Gasteiger partial charge in [-0.3, -0.25) is 4.79 Å². The lowest BCUT2D eigenvalue weighted by Crippen LogP contribution is -2.33. The van der Waals surface area contributed by atoms with Crippen molar-refractivity contribution < 1.29 is 0 Å². The van der Waals surface area contributed by atoms with Crippen LogP contribution in [0, 0.1) is 6.92 Å². The third-order valence-corrected chi connectivity index (χ3v) is 6.64. The summed E-state index contributed by atoms with van der Waals surface area (Å²) in [4.78, 5) is 17.9. The smallest absolute Gasteiger partial charge is 0.199 e. The fourth-order valence-corrected chi connectivity index (χ4v) is 4.86. The largest absolute Gasteiger partial charge is 0.373 e. The Balaban J connectivity index is 2.16. The highest BCUT2D eigenvalue weighted by Crippen LogP contribution is 2.34. The van der Waals surface area contributed by atoms with Crippen molar-refractivity contribution in [1.29, 1.82) is 0 Å². The zero-order chi connectivity index (χ0) is 18.8. The number of fused-ring (bicyclic) bond motifs is 2. The zero-order valence-electron chi connectivity index (χ0n) is 15.8. The van der Waals surface area contributed by atoms with Crippen molar-refractivity contribution in [3.63, 3.8) is 0 Å². The van der Waals surface area contributed by atoms with E-state index in [0.29, 0.717) is 10.4 Å². The molecule has 0 N–H and O–H groups in total. The molecule has 3 nitrogen and oxygen atoms in total. The second-order valence-corrected chi connectivity index (χ2v) is 8.06. The predicted molar refractivity (Wildman–Crippen MR) is 116 cm³/mol. The van der Waals surface area contributed by atoms with E-state index in [9.17, 15) is 4.79 Å². The van der Waals surface area contributed by atoms with Gasteiger partial charge in [0.1, 0.15) is 0 Å². The molecule has 1 aromatic heterocycles. The molecule has 0 atom stereocenters. The average Bonchev–Trinajstić information content (AvgIpc) is 2.63. The second kappa shape index (κ2) is 7.95. The van der Waals surface area contributed by atoms with E-state index in [4.69, 9.17) is 11.6 Å². The molecule has 0 amide bonds. The predicted octanol–water partition coefficient (Wildman–Crippen LogP) is 5.15. The summed E-state index contributed by atoms with van der Waals surface area (Å²) in [6.45, 7) is 10.3.